The predicted octanol–water partition coefficient (Wildman–Crippen LogP) is 4.42. The SMILES string of the molecule is S=C1CC=C(c2ccccn2)c2ccc(Br)cc2N1. The molecule has 4 heteroatoms. The second-order valence-electron chi connectivity index (χ2n) is 4.27. The number of rotatable bonds is 1. The third-order valence-electron chi connectivity index (χ3n) is 2.98. The highest BCUT2D eigenvalue weighted by atomic mass is 79.9. The van der Waals surface area contributed by atoms with Gasteiger partial charge in [-0.1, -0.05) is 46.4 Å². The van der Waals surface area contributed by atoms with E-state index in [9.17, 15) is 0 Å². The van der Waals surface area contributed by atoms with E-state index in [0.717, 1.165) is 38.4 Å². The van der Waals surface area contributed by atoms with Gasteiger partial charge in [-0.25, -0.2) is 0 Å². The first-order valence-corrected chi connectivity index (χ1v) is 7.15. The van der Waals surface area contributed by atoms with Gasteiger partial charge in [-0.05, 0) is 24.3 Å². The van der Waals surface area contributed by atoms with Crippen LogP contribution in [0.15, 0.2) is 53.1 Å². The quantitative estimate of drug-likeness (QED) is 0.783. The summed E-state index contributed by atoms with van der Waals surface area (Å²) in [6.45, 7) is 0. The molecule has 0 aliphatic carbocycles. The molecule has 0 atom stereocenters. The first kappa shape index (κ1) is 12.5. The maximum Gasteiger partial charge on any atom is 0.0835 e. The maximum atomic E-state index is 5.32. The minimum Gasteiger partial charge on any atom is -0.349 e. The van der Waals surface area contributed by atoms with E-state index >= 15 is 0 Å². The van der Waals surface area contributed by atoms with Crippen molar-refractivity contribution in [3.05, 3.63) is 64.4 Å². The van der Waals surface area contributed by atoms with Crippen LogP contribution in [0.4, 0.5) is 5.69 Å². The van der Waals surface area contributed by atoms with E-state index in [-0.39, 0.29) is 0 Å². The van der Waals surface area contributed by atoms with Crippen molar-refractivity contribution in [2.24, 2.45) is 0 Å². The van der Waals surface area contributed by atoms with Gasteiger partial charge < -0.3 is 5.32 Å². The van der Waals surface area contributed by atoms with Gasteiger partial charge in [0.25, 0.3) is 0 Å². The van der Waals surface area contributed by atoms with Crippen LogP contribution in [0.25, 0.3) is 5.57 Å². The molecule has 0 radical (unpaired) electrons. The largest absolute Gasteiger partial charge is 0.349 e. The number of anilines is 1. The minimum absolute atomic E-state index is 0.730. The average Bonchev–Trinajstić information content (AvgIpc) is 2.57. The standard InChI is InChI=1S/C15H11BrN2S/c16-10-4-5-12-11(13-3-1-2-8-17-13)6-7-15(19)18-14(12)9-10/h1-6,8-9H,7H2,(H,18,19). The summed E-state index contributed by atoms with van der Waals surface area (Å²) < 4.78 is 1.03. The molecule has 0 spiro atoms. The van der Waals surface area contributed by atoms with Gasteiger partial charge in [0.05, 0.1) is 10.7 Å². The molecule has 94 valence electrons. The summed E-state index contributed by atoms with van der Waals surface area (Å²) in [5.74, 6) is 0. The zero-order chi connectivity index (χ0) is 13.2. The number of hydrogen-bond donors (Lipinski definition) is 1. The van der Waals surface area contributed by atoms with Crippen LogP contribution in [0.2, 0.25) is 0 Å². The smallest absolute Gasteiger partial charge is 0.0835 e. The molecule has 2 heterocycles. The minimum atomic E-state index is 0.730. The third-order valence-corrected chi connectivity index (χ3v) is 3.74. The van der Waals surface area contributed by atoms with E-state index in [0.29, 0.717) is 0 Å². The molecule has 1 aliphatic heterocycles. The average molecular weight is 331 g/mol. The van der Waals surface area contributed by atoms with Gasteiger partial charge in [0.2, 0.25) is 0 Å². The number of aromatic nitrogens is 1. The molecule has 0 saturated heterocycles. The highest BCUT2D eigenvalue weighted by Crippen LogP contribution is 2.33. The Kier molecular flexibility index (Phi) is 3.44. The van der Waals surface area contributed by atoms with E-state index in [2.05, 4.69) is 38.4 Å². The van der Waals surface area contributed by atoms with E-state index in [1.165, 1.54) is 0 Å². The lowest BCUT2D eigenvalue weighted by molar-refractivity contribution is 1.27. The number of nitrogens with one attached hydrogen (secondary N) is 1. The van der Waals surface area contributed by atoms with Gasteiger partial charge in [-0.3, -0.25) is 4.98 Å². The highest BCUT2D eigenvalue weighted by Gasteiger charge is 2.15. The van der Waals surface area contributed by atoms with Crippen LogP contribution >= 0.6 is 28.1 Å². The van der Waals surface area contributed by atoms with Crippen molar-refractivity contribution in [2.75, 3.05) is 5.32 Å². The first-order chi connectivity index (χ1) is 9.24. The van der Waals surface area contributed by atoms with Gasteiger partial charge in [0.1, 0.15) is 0 Å². The Bertz CT molecular complexity index is 665. The van der Waals surface area contributed by atoms with Crippen molar-refractivity contribution < 1.29 is 0 Å². The predicted molar refractivity (Wildman–Crippen MR) is 86.3 cm³/mol. The summed E-state index contributed by atoms with van der Waals surface area (Å²) >= 11 is 8.82. The number of thiocarbonyl (C=S) groups is 1. The van der Waals surface area contributed by atoms with Crippen LogP contribution in [-0.2, 0) is 0 Å². The van der Waals surface area contributed by atoms with Crippen molar-refractivity contribution in [3.63, 3.8) is 0 Å². The van der Waals surface area contributed by atoms with Gasteiger partial charge in [0.15, 0.2) is 0 Å². The molecule has 1 aliphatic rings. The first-order valence-electron chi connectivity index (χ1n) is 5.95. The highest BCUT2D eigenvalue weighted by molar-refractivity contribution is 9.10. The Labute approximate surface area is 125 Å². The molecular formula is C15H11BrN2S. The van der Waals surface area contributed by atoms with Gasteiger partial charge >= 0.3 is 0 Å². The fourth-order valence-electron chi connectivity index (χ4n) is 2.13. The van der Waals surface area contributed by atoms with Crippen molar-refractivity contribution in [2.45, 2.75) is 6.42 Å². The lowest BCUT2D eigenvalue weighted by Crippen LogP contribution is -2.06. The number of hydrogen-bond acceptors (Lipinski definition) is 2. The summed E-state index contributed by atoms with van der Waals surface area (Å²) in [5.41, 5.74) is 4.24. The fraction of sp³-hybridized carbons (Fsp3) is 0.0667. The van der Waals surface area contributed by atoms with Crippen LogP contribution in [0.3, 0.4) is 0 Å². The number of pyridine rings is 1. The van der Waals surface area contributed by atoms with Gasteiger partial charge in [-0.15, -0.1) is 0 Å². The molecule has 1 aromatic carbocycles. The Morgan fingerprint density at radius 2 is 2.11 bits per heavy atom. The molecule has 0 fully saturated rings. The van der Waals surface area contributed by atoms with Gasteiger partial charge in [0, 0.05) is 33.9 Å². The zero-order valence-electron chi connectivity index (χ0n) is 10.1. The second kappa shape index (κ2) is 5.23. The topological polar surface area (TPSA) is 24.9 Å². The monoisotopic (exact) mass is 330 g/mol. The Morgan fingerprint density at radius 3 is 2.89 bits per heavy atom. The summed E-state index contributed by atoms with van der Waals surface area (Å²) in [6, 6.07) is 12.1. The Hall–Kier alpha value is -1.52. The molecule has 1 N–H and O–H groups in total. The van der Waals surface area contributed by atoms with Crippen molar-refractivity contribution >= 4 is 44.4 Å². The molecule has 1 aromatic heterocycles. The van der Waals surface area contributed by atoms with E-state index in [4.69, 9.17) is 12.2 Å². The molecule has 0 amide bonds. The van der Waals surface area contributed by atoms with Crippen LogP contribution < -0.4 is 5.32 Å². The van der Waals surface area contributed by atoms with Crippen molar-refractivity contribution in [3.8, 4) is 0 Å². The van der Waals surface area contributed by atoms with Crippen LogP contribution in [-0.4, -0.2) is 9.97 Å². The summed E-state index contributed by atoms with van der Waals surface area (Å²) in [5, 5.41) is 3.28. The van der Waals surface area contributed by atoms with Crippen LogP contribution in [0.5, 0.6) is 0 Å². The molecule has 19 heavy (non-hydrogen) atoms. The van der Waals surface area contributed by atoms with Crippen molar-refractivity contribution in [1.82, 2.24) is 4.98 Å². The third kappa shape index (κ3) is 2.60. The second-order valence-corrected chi connectivity index (χ2v) is 5.68. The fourth-order valence-corrected chi connectivity index (χ4v) is 2.68. The molecule has 0 saturated carbocycles. The normalized spacial score (nSPS) is 14.2. The van der Waals surface area contributed by atoms with E-state index < -0.39 is 0 Å². The Morgan fingerprint density at radius 1 is 1.21 bits per heavy atom. The molecular weight excluding hydrogens is 320 g/mol. The summed E-state index contributed by atoms with van der Waals surface area (Å²) in [7, 11) is 0. The molecule has 2 aromatic rings. The summed E-state index contributed by atoms with van der Waals surface area (Å²) in [6.07, 6.45) is 4.68. The lowest BCUT2D eigenvalue weighted by Gasteiger charge is -2.11. The summed E-state index contributed by atoms with van der Waals surface area (Å²) in [4.78, 5) is 5.26. The van der Waals surface area contributed by atoms with Crippen LogP contribution in [0.1, 0.15) is 17.7 Å². The molecule has 0 unspecified atom stereocenters. The van der Waals surface area contributed by atoms with Gasteiger partial charge in [-0.2, -0.15) is 0 Å². The molecule has 3 rings (SSSR count). The molecule has 2 nitrogen and oxygen atoms in total. The number of fused-ring (bicyclic) bond motifs is 1. The Balaban J connectivity index is 2.18. The number of halogens is 1. The maximum absolute atomic E-state index is 5.32. The van der Waals surface area contributed by atoms with E-state index in [1.807, 2.05) is 36.5 Å². The number of nitrogens with zero attached hydrogens (tertiary/aromatic N) is 1. The van der Waals surface area contributed by atoms with Crippen LogP contribution in [0, 0.1) is 0 Å². The van der Waals surface area contributed by atoms with Crippen molar-refractivity contribution in [1.29, 1.82) is 0 Å². The molecule has 0 bridgehead atoms. The van der Waals surface area contributed by atoms with E-state index in [1.54, 1.807) is 0 Å². The number of benzene rings is 1. The zero-order valence-corrected chi connectivity index (χ0v) is 12.5. The lowest BCUT2D eigenvalue weighted by atomic mass is 10.0.